The Hall–Kier alpha value is -5.31. The molecule has 4 aliphatic carbocycles. The minimum Gasteiger partial charge on any atom is -0.217 e. The summed E-state index contributed by atoms with van der Waals surface area (Å²) in [5.74, 6) is 11.3. The molecule has 0 saturated heterocycles. The van der Waals surface area contributed by atoms with Crippen molar-refractivity contribution in [1.82, 2.24) is 44.9 Å². The SMILES string of the molecule is CC(C)c1nc(-c2cccc(-c3nc(-c4ccccc4)nc(-c4ccc(-c5nc(C6CC7CCC6C7)nc(C6CC7CCC6C7)n5)cc4)n3)c2)nc(C(C)C)n1. The van der Waals surface area contributed by atoms with Crippen LogP contribution in [0.2, 0.25) is 0 Å². The lowest BCUT2D eigenvalue weighted by molar-refractivity contribution is 0.386. The third-order valence-electron chi connectivity index (χ3n) is 13.0. The van der Waals surface area contributed by atoms with Crippen molar-refractivity contribution in [2.24, 2.45) is 23.7 Å². The number of hydrogen-bond donors (Lipinski definition) is 0. The number of benzene rings is 3. The molecule has 0 spiro atoms. The molecular formula is C47H49N9. The van der Waals surface area contributed by atoms with Crippen LogP contribution >= 0.6 is 0 Å². The number of nitrogens with zero attached hydrogens (tertiary/aromatic N) is 9. The Morgan fingerprint density at radius 2 is 0.821 bits per heavy atom. The molecule has 0 N–H and O–H groups in total. The third-order valence-corrected chi connectivity index (χ3v) is 13.0. The number of fused-ring (bicyclic) bond motifs is 4. The fourth-order valence-electron chi connectivity index (χ4n) is 9.96. The molecule has 4 saturated carbocycles. The van der Waals surface area contributed by atoms with E-state index in [0.29, 0.717) is 35.1 Å². The fourth-order valence-corrected chi connectivity index (χ4v) is 9.96. The molecule has 4 aliphatic rings. The number of hydrogen-bond acceptors (Lipinski definition) is 9. The molecule has 0 amide bonds. The normalized spacial score (nSPS) is 23.8. The zero-order chi connectivity index (χ0) is 37.9. The Kier molecular flexibility index (Phi) is 8.98. The van der Waals surface area contributed by atoms with Gasteiger partial charge in [0.1, 0.15) is 23.3 Å². The molecule has 10 rings (SSSR count). The van der Waals surface area contributed by atoms with E-state index in [1.807, 2.05) is 48.5 Å². The summed E-state index contributed by atoms with van der Waals surface area (Å²) in [5.41, 5.74) is 4.60. The first-order valence-corrected chi connectivity index (χ1v) is 20.9. The quantitative estimate of drug-likeness (QED) is 0.143. The lowest BCUT2D eigenvalue weighted by Crippen LogP contribution is -2.18. The minimum absolute atomic E-state index is 0.183. The zero-order valence-electron chi connectivity index (χ0n) is 32.8. The van der Waals surface area contributed by atoms with Gasteiger partial charge in [0.25, 0.3) is 0 Å². The van der Waals surface area contributed by atoms with Crippen molar-refractivity contribution in [3.05, 3.63) is 102 Å². The van der Waals surface area contributed by atoms with Crippen molar-refractivity contribution >= 4 is 0 Å². The van der Waals surface area contributed by atoms with Crippen LogP contribution in [0.1, 0.15) is 126 Å². The molecule has 3 aromatic carbocycles. The Balaban J connectivity index is 1.02. The van der Waals surface area contributed by atoms with Crippen LogP contribution < -0.4 is 0 Å². The van der Waals surface area contributed by atoms with Crippen LogP contribution in [-0.2, 0) is 0 Å². The molecule has 3 aromatic heterocycles. The van der Waals surface area contributed by atoms with Crippen molar-refractivity contribution in [1.29, 1.82) is 0 Å². The highest BCUT2D eigenvalue weighted by Gasteiger charge is 2.44. The Labute approximate surface area is 329 Å². The van der Waals surface area contributed by atoms with Crippen LogP contribution in [-0.4, -0.2) is 44.9 Å². The minimum atomic E-state index is 0.183. The monoisotopic (exact) mass is 739 g/mol. The van der Waals surface area contributed by atoms with E-state index in [2.05, 4.69) is 58.0 Å². The van der Waals surface area contributed by atoms with Crippen LogP contribution in [0, 0.1) is 23.7 Å². The van der Waals surface area contributed by atoms with Gasteiger partial charge in [-0.15, -0.1) is 0 Å². The van der Waals surface area contributed by atoms with Gasteiger partial charge in [-0.3, -0.25) is 0 Å². The maximum atomic E-state index is 5.29. The first-order chi connectivity index (χ1) is 27.3. The molecule has 6 aromatic rings. The molecule has 4 fully saturated rings. The number of rotatable bonds is 9. The summed E-state index contributed by atoms with van der Waals surface area (Å²) in [5, 5.41) is 0. The second-order valence-electron chi connectivity index (χ2n) is 17.5. The molecule has 3 heterocycles. The van der Waals surface area contributed by atoms with Gasteiger partial charge in [0.2, 0.25) is 0 Å². The predicted octanol–water partition coefficient (Wildman–Crippen LogP) is 10.6. The highest BCUT2D eigenvalue weighted by atomic mass is 15.1. The van der Waals surface area contributed by atoms with Gasteiger partial charge in [-0.05, 0) is 68.3 Å². The molecule has 6 atom stereocenters. The Morgan fingerprint density at radius 1 is 0.393 bits per heavy atom. The number of aromatic nitrogens is 9. The van der Waals surface area contributed by atoms with Gasteiger partial charge in [0.15, 0.2) is 29.1 Å². The molecule has 0 aliphatic heterocycles. The lowest BCUT2D eigenvalue weighted by Gasteiger charge is -2.24. The Bertz CT molecular complexity index is 2320. The van der Waals surface area contributed by atoms with Crippen molar-refractivity contribution in [3.63, 3.8) is 0 Å². The maximum absolute atomic E-state index is 5.29. The summed E-state index contributed by atoms with van der Waals surface area (Å²) in [7, 11) is 0. The van der Waals surface area contributed by atoms with E-state index >= 15 is 0 Å². The first-order valence-electron chi connectivity index (χ1n) is 20.9. The average Bonchev–Trinajstić information content (AvgIpc) is 4.08. The van der Waals surface area contributed by atoms with Gasteiger partial charge in [-0.2, -0.15) is 0 Å². The third kappa shape index (κ3) is 6.69. The van der Waals surface area contributed by atoms with Crippen LogP contribution in [0.15, 0.2) is 78.9 Å². The summed E-state index contributed by atoms with van der Waals surface area (Å²) in [6, 6.07) is 26.7. The van der Waals surface area contributed by atoms with Crippen molar-refractivity contribution in [3.8, 4) is 56.9 Å². The van der Waals surface area contributed by atoms with E-state index in [9.17, 15) is 0 Å². The van der Waals surface area contributed by atoms with E-state index in [1.165, 1.54) is 51.4 Å². The van der Waals surface area contributed by atoms with Crippen molar-refractivity contribution in [2.45, 2.75) is 103 Å². The first kappa shape index (κ1) is 35.1. The van der Waals surface area contributed by atoms with Gasteiger partial charge in [-0.1, -0.05) is 113 Å². The van der Waals surface area contributed by atoms with Gasteiger partial charge < -0.3 is 0 Å². The molecule has 282 valence electrons. The van der Waals surface area contributed by atoms with E-state index in [1.54, 1.807) is 0 Å². The molecule has 4 bridgehead atoms. The van der Waals surface area contributed by atoms with Crippen LogP contribution in [0.4, 0.5) is 0 Å². The predicted molar refractivity (Wildman–Crippen MR) is 218 cm³/mol. The van der Waals surface area contributed by atoms with Crippen LogP contribution in [0.3, 0.4) is 0 Å². The lowest BCUT2D eigenvalue weighted by atomic mass is 9.86. The van der Waals surface area contributed by atoms with Gasteiger partial charge in [0.05, 0.1) is 0 Å². The van der Waals surface area contributed by atoms with Crippen LogP contribution in [0.5, 0.6) is 0 Å². The van der Waals surface area contributed by atoms with E-state index in [-0.39, 0.29) is 11.8 Å². The average molecular weight is 740 g/mol. The molecular weight excluding hydrogens is 691 g/mol. The van der Waals surface area contributed by atoms with Crippen molar-refractivity contribution < 1.29 is 0 Å². The van der Waals surface area contributed by atoms with Gasteiger partial charge in [0, 0.05) is 51.5 Å². The summed E-state index contributed by atoms with van der Waals surface area (Å²) in [6.07, 6.45) is 10.5. The highest BCUT2D eigenvalue weighted by molar-refractivity contribution is 5.71. The highest BCUT2D eigenvalue weighted by Crippen LogP contribution is 2.54. The Morgan fingerprint density at radius 3 is 1.27 bits per heavy atom. The smallest absolute Gasteiger partial charge is 0.164 e. The molecule has 0 radical (unpaired) electrons. The summed E-state index contributed by atoms with van der Waals surface area (Å²) < 4.78 is 0. The second kappa shape index (κ2) is 14.3. The summed E-state index contributed by atoms with van der Waals surface area (Å²) in [6.45, 7) is 8.45. The molecule has 56 heavy (non-hydrogen) atoms. The standard InChI is InChI=1S/C47H49N9/c1-26(2)39-48-40(27(3)4)50-44(49-39)35-11-8-12-36(25-35)45-52-41(30-9-6-5-7-10-30)51-42(53-45)31-17-19-32(20-18-31)43-54-46(37-23-28-13-15-33(37)21-28)56-47(55-43)38-24-29-14-16-34(38)22-29/h5-12,17-20,25-29,33-34,37-38H,13-16,21-24H2,1-4H3. The molecule has 9 nitrogen and oxygen atoms in total. The second-order valence-corrected chi connectivity index (χ2v) is 17.5. The van der Waals surface area contributed by atoms with Crippen LogP contribution in [0.25, 0.3) is 56.9 Å². The van der Waals surface area contributed by atoms with Crippen molar-refractivity contribution in [2.75, 3.05) is 0 Å². The van der Waals surface area contributed by atoms with E-state index in [0.717, 1.165) is 80.6 Å². The summed E-state index contributed by atoms with van der Waals surface area (Å²) in [4.78, 5) is 45.4. The molecule has 9 heteroatoms. The van der Waals surface area contributed by atoms with E-state index < -0.39 is 0 Å². The summed E-state index contributed by atoms with van der Waals surface area (Å²) >= 11 is 0. The van der Waals surface area contributed by atoms with E-state index in [4.69, 9.17) is 44.9 Å². The zero-order valence-corrected chi connectivity index (χ0v) is 32.8. The maximum Gasteiger partial charge on any atom is 0.164 e. The largest absolute Gasteiger partial charge is 0.217 e. The van der Waals surface area contributed by atoms with Gasteiger partial charge in [-0.25, -0.2) is 44.9 Å². The fraction of sp³-hybridized carbons (Fsp3) is 0.426. The topological polar surface area (TPSA) is 116 Å². The molecule has 6 unspecified atom stereocenters. The van der Waals surface area contributed by atoms with Gasteiger partial charge >= 0.3 is 0 Å².